The van der Waals surface area contributed by atoms with Gasteiger partial charge in [-0.05, 0) is 25.4 Å². The summed E-state index contributed by atoms with van der Waals surface area (Å²) >= 11 is 11.3. The average Bonchev–Trinajstić information content (AvgIpc) is 2.36. The zero-order chi connectivity index (χ0) is 15.6. The van der Waals surface area contributed by atoms with Crippen molar-refractivity contribution in [2.45, 2.75) is 26.1 Å². The molecule has 9 heteroatoms. The van der Waals surface area contributed by atoms with E-state index in [-0.39, 0.29) is 28.3 Å². The van der Waals surface area contributed by atoms with Crippen molar-refractivity contribution in [3.8, 4) is 0 Å². The van der Waals surface area contributed by atoms with Crippen molar-refractivity contribution < 1.29 is 14.3 Å². The minimum absolute atomic E-state index is 0.0289. The van der Waals surface area contributed by atoms with E-state index in [4.69, 9.17) is 27.9 Å². The zero-order valence-corrected chi connectivity index (χ0v) is 13.0. The molecule has 0 aromatic carbocycles. The second kappa shape index (κ2) is 6.55. The molecule has 7 nitrogen and oxygen atoms in total. The lowest BCUT2D eigenvalue weighted by Crippen LogP contribution is -2.52. The minimum atomic E-state index is -0.682. The fraction of sp³-hybridized carbons (Fsp3) is 0.500. The Bertz CT molecular complexity index is 539. The number of ether oxygens (including phenoxy) is 1. The second-order valence-electron chi connectivity index (χ2n) is 4.77. The molecule has 1 fully saturated rings. The van der Waals surface area contributed by atoms with Gasteiger partial charge in [0.15, 0.2) is 0 Å². The van der Waals surface area contributed by atoms with Gasteiger partial charge in [0.1, 0.15) is 10.8 Å². The molecule has 3 amide bonds. The van der Waals surface area contributed by atoms with Crippen LogP contribution in [-0.2, 0) is 4.74 Å². The molecule has 2 heterocycles. The van der Waals surface area contributed by atoms with Crippen LogP contribution in [0.1, 0.15) is 24.3 Å². The van der Waals surface area contributed by atoms with Gasteiger partial charge in [-0.25, -0.2) is 14.8 Å². The van der Waals surface area contributed by atoms with Gasteiger partial charge in [0.05, 0.1) is 12.2 Å². The number of carbonyl (C=O) groups is 2. The van der Waals surface area contributed by atoms with E-state index in [2.05, 4.69) is 15.3 Å². The van der Waals surface area contributed by atoms with Crippen LogP contribution in [0.25, 0.3) is 0 Å². The van der Waals surface area contributed by atoms with Crippen molar-refractivity contribution in [1.29, 1.82) is 0 Å². The average molecular weight is 333 g/mol. The molecular weight excluding hydrogens is 319 g/mol. The van der Waals surface area contributed by atoms with Crippen molar-refractivity contribution in [1.82, 2.24) is 20.2 Å². The Kier molecular flexibility index (Phi) is 4.97. The molecule has 21 heavy (non-hydrogen) atoms. The lowest BCUT2D eigenvalue weighted by molar-refractivity contribution is -0.0543. The summed E-state index contributed by atoms with van der Waals surface area (Å²) in [6.45, 7) is 4.55. The highest BCUT2D eigenvalue weighted by Gasteiger charge is 2.27. The largest absolute Gasteiger partial charge is 0.372 e. The molecule has 1 aromatic rings. The maximum absolute atomic E-state index is 12.1. The van der Waals surface area contributed by atoms with Crippen molar-refractivity contribution in [2.75, 3.05) is 13.1 Å². The molecule has 2 atom stereocenters. The molecule has 1 aliphatic heterocycles. The first-order valence-corrected chi connectivity index (χ1v) is 7.06. The lowest BCUT2D eigenvalue weighted by atomic mass is 10.2. The molecule has 0 radical (unpaired) electrons. The molecular formula is C12H14Cl2N4O3. The van der Waals surface area contributed by atoms with E-state index >= 15 is 0 Å². The van der Waals surface area contributed by atoms with Gasteiger partial charge >= 0.3 is 6.03 Å². The Morgan fingerprint density at radius 3 is 2.48 bits per heavy atom. The van der Waals surface area contributed by atoms with Crippen LogP contribution in [0.4, 0.5) is 4.79 Å². The van der Waals surface area contributed by atoms with Crippen molar-refractivity contribution in [3.05, 3.63) is 22.2 Å². The Hall–Kier alpha value is -1.44. The number of morpholine rings is 1. The Morgan fingerprint density at radius 1 is 1.29 bits per heavy atom. The fourth-order valence-corrected chi connectivity index (χ4v) is 2.50. The van der Waals surface area contributed by atoms with Crippen molar-refractivity contribution in [3.63, 3.8) is 0 Å². The maximum atomic E-state index is 12.1. The summed E-state index contributed by atoms with van der Waals surface area (Å²) in [7, 11) is 0. The standard InChI is InChI=1S/C12H14Cl2N4O3/c1-6-4-18(5-7(2)21-6)12(20)17-10(19)8-3-9(13)16-11(14)15-8/h3,6-7H,4-5H2,1-2H3,(H,17,19,20). The summed E-state index contributed by atoms with van der Waals surface area (Å²) in [5.74, 6) is -0.682. The molecule has 0 bridgehead atoms. The Morgan fingerprint density at radius 2 is 1.90 bits per heavy atom. The minimum Gasteiger partial charge on any atom is -0.372 e. The highest BCUT2D eigenvalue weighted by atomic mass is 35.5. The highest BCUT2D eigenvalue weighted by Crippen LogP contribution is 2.12. The third-order valence-electron chi connectivity index (χ3n) is 2.83. The summed E-state index contributed by atoms with van der Waals surface area (Å²) in [6, 6.07) is 0.730. The molecule has 1 N–H and O–H groups in total. The van der Waals surface area contributed by atoms with Crippen molar-refractivity contribution in [2.24, 2.45) is 0 Å². The quantitative estimate of drug-likeness (QED) is 0.625. The molecule has 1 aliphatic rings. The van der Waals surface area contributed by atoms with E-state index in [0.29, 0.717) is 13.1 Å². The summed E-state index contributed by atoms with van der Waals surface area (Å²) in [5, 5.41) is 2.12. The number of urea groups is 1. The maximum Gasteiger partial charge on any atom is 0.324 e. The molecule has 0 saturated carbocycles. The van der Waals surface area contributed by atoms with Crippen LogP contribution in [0.5, 0.6) is 0 Å². The smallest absolute Gasteiger partial charge is 0.324 e. The molecule has 1 saturated heterocycles. The van der Waals surface area contributed by atoms with Gasteiger partial charge in [0, 0.05) is 19.2 Å². The molecule has 1 aromatic heterocycles. The zero-order valence-electron chi connectivity index (χ0n) is 11.5. The third-order valence-corrected chi connectivity index (χ3v) is 3.19. The van der Waals surface area contributed by atoms with Crippen LogP contribution in [0.15, 0.2) is 6.07 Å². The molecule has 2 rings (SSSR count). The summed E-state index contributed by atoms with van der Waals surface area (Å²) in [4.78, 5) is 32.9. The fourth-order valence-electron chi connectivity index (χ4n) is 2.09. The number of halogens is 2. The third kappa shape index (κ3) is 4.26. The van der Waals surface area contributed by atoms with Crippen molar-refractivity contribution >= 4 is 35.1 Å². The normalized spacial score (nSPS) is 22.0. The van der Waals surface area contributed by atoms with E-state index in [1.807, 2.05) is 13.8 Å². The first-order valence-electron chi connectivity index (χ1n) is 6.31. The van der Waals surface area contributed by atoms with Crippen LogP contribution in [-0.4, -0.2) is 52.1 Å². The summed E-state index contributed by atoms with van der Waals surface area (Å²) in [5.41, 5.74) is -0.0669. The van der Waals surface area contributed by atoms with Gasteiger partial charge in [-0.2, -0.15) is 0 Å². The Labute approximate surface area is 131 Å². The van der Waals surface area contributed by atoms with Gasteiger partial charge < -0.3 is 9.64 Å². The van der Waals surface area contributed by atoms with E-state index in [1.54, 1.807) is 0 Å². The number of amides is 3. The predicted molar refractivity (Wildman–Crippen MR) is 76.5 cm³/mol. The van der Waals surface area contributed by atoms with E-state index < -0.39 is 11.9 Å². The topological polar surface area (TPSA) is 84.4 Å². The number of nitrogens with zero attached hydrogens (tertiary/aromatic N) is 3. The van der Waals surface area contributed by atoms with Gasteiger partial charge in [-0.3, -0.25) is 10.1 Å². The van der Waals surface area contributed by atoms with Crippen LogP contribution >= 0.6 is 23.2 Å². The molecule has 114 valence electrons. The van der Waals surface area contributed by atoms with E-state index in [9.17, 15) is 9.59 Å². The number of hydrogen-bond donors (Lipinski definition) is 1. The number of aromatic nitrogens is 2. The number of hydrogen-bond acceptors (Lipinski definition) is 5. The number of carbonyl (C=O) groups excluding carboxylic acids is 2. The first kappa shape index (κ1) is 15.9. The van der Waals surface area contributed by atoms with Crippen LogP contribution < -0.4 is 5.32 Å². The summed E-state index contributed by atoms with van der Waals surface area (Å²) < 4.78 is 5.53. The van der Waals surface area contributed by atoms with Gasteiger partial charge in [-0.1, -0.05) is 11.6 Å². The lowest BCUT2D eigenvalue weighted by Gasteiger charge is -2.34. The van der Waals surface area contributed by atoms with Crippen LogP contribution in [0.3, 0.4) is 0 Å². The van der Waals surface area contributed by atoms with Gasteiger partial charge in [0.2, 0.25) is 5.28 Å². The van der Waals surface area contributed by atoms with E-state index in [0.717, 1.165) is 0 Å². The molecule has 0 spiro atoms. The van der Waals surface area contributed by atoms with Gasteiger partial charge in [-0.15, -0.1) is 0 Å². The number of rotatable bonds is 1. The van der Waals surface area contributed by atoms with Crippen LogP contribution in [0.2, 0.25) is 10.4 Å². The van der Waals surface area contributed by atoms with Gasteiger partial charge in [0.25, 0.3) is 5.91 Å². The van der Waals surface area contributed by atoms with E-state index in [1.165, 1.54) is 11.0 Å². The molecule has 2 unspecified atom stereocenters. The first-order chi connectivity index (χ1) is 9.85. The predicted octanol–water partition coefficient (Wildman–Crippen LogP) is 1.74. The number of imide groups is 1. The second-order valence-corrected chi connectivity index (χ2v) is 5.49. The molecule has 0 aliphatic carbocycles. The van der Waals surface area contributed by atoms with Crippen LogP contribution in [0, 0.1) is 0 Å². The Balaban J connectivity index is 2.03. The monoisotopic (exact) mass is 332 g/mol. The SMILES string of the molecule is CC1CN(C(=O)NC(=O)c2cc(Cl)nc(Cl)n2)CC(C)O1. The number of nitrogens with one attached hydrogen (secondary N) is 1. The highest BCUT2D eigenvalue weighted by molar-refractivity contribution is 6.32. The summed E-state index contributed by atoms with van der Waals surface area (Å²) in [6.07, 6.45) is -0.171.